The standard InChI is InChI=1S/C18H18F2N4O/c1-3-11(2)22-18(25)13-10-21-24-15(16(19)20)9-14(23-17(13)24)12-7-5-4-6-8-12/h4-11,16H,3H2,1-2H3,(H,22,25). The summed E-state index contributed by atoms with van der Waals surface area (Å²) in [4.78, 5) is 16.8. The third kappa shape index (κ3) is 3.35. The molecule has 0 fully saturated rings. The van der Waals surface area contributed by atoms with Gasteiger partial charge in [0.25, 0.3) is 12.3 Å². The van der Waals surface area contributed by atoms with Crippen LogP contribution < -0.4 is 5.32 Å². The van der Waals surface area contributed by atoms with Gasteiger partial charge >= 0.3 is 0 Å². The molecule has 1 amide bonds. The zero-order valence-electron chi connectivity index (χ0n) is 13.9. The fourth-order valence-corrected chi connectivity index (χ4v) is 2.46. The van der Waals surface area contributed by atoms with E-state index in [1.165, 1.54) is 12.3 Å². The minimum atomic E-state index is -2.74. The second-order valence-electron chi connectivity index (χ2n) is 5.81. The molecule has 0 aliphatic heterocycles. The van der Waals surface area contributed by atoms with E-state index < -0.39 is 6.43 Å². The first-order chi connectivity index (χ1) is 12.0. The molecule has 3 aromatic rings. The Morgan fingerprint density at radius 2 is 2.00 bits per heavy atom. The van der Waals surface area contributed by atoms with Crippen molar-refractivity contribution in [3.05, 3.63) is 53.9 Å². The number of aromatic nitrogens is 3. The van der Waals surface area contributed by atoms with Crippen LogP contribution in [0.25, 0.3) is 16.9 Å². The quantitative estimate of drug-likeness (QED) is 0.764. The van der Waals surface area contributed by atoms with Gasteiger partial charge in [0.15, 0.2) is 5.65 Å². The monoisotopic (exact) mass is 344 g/mol. The van der Waals surface area contributed by atoms with Gasteiger partial charge in [-0.2, -0.15) is 5.10 Å². The van der Waals surface area contributed by atoms with Crippen LogP contribution in [0.3, 0.4) is 0 Å². The minimum absolute atomic E-state index is 0.0330. The van der Waals surface area contributed by atoms with E-state index in [0.29, 0.717) is 11.3 Å². The van der Waals surface area contributed by atoms with Gasteiger partial charge in [0.05, 0.1) is 11.9 Å². The highest BCUT2D eigenvalue weighted by Gasteiger charge is 2.22. The molecule has 2 heterocycles. The van der Waals surface area contributed by atoms with E-state index in [1.807, 2.05) is 19.9 Å². The molecule has 130 valence electrons. The largest absolute Gasteiger partial charge is 0.349 e. The number of alkyl halides is 2. The molecule has 0 aliphatic rings. The second kappa shape index (κ2) is 6.96. The number of nitrogens with zero attached hydrogens (tertiary/aromatic N) is 3. The molecule has 5 nitrogen and oxygen atoms in total. The molecule has 1 unspecified atom stereocenters. The zero-order chi connectivity index (χ0) is 18.0. The van der Waals surface area contributed by atoms with Gasteiger partial charge in [-0.05, 0) is 19.4 Å². The van der Waals surface area contributed by atoms with Crippen molar-refractivity contribution in [2.75, 3.05) is 0 Å². The summed E-state index contributed by atoms with van der Waals surface area (Å²) in [6.45, 7) is 3.82. The lowest BCUT2D eigenvalue weighted by Gasteiger charge is -2.11. The molecular weight excluding hydrogens is 326 g/mol. The van der Waals surface area contributed by atoms with Crippen LogP contribution in [0.1, 0.15) is 42.7 Å². The lowest BCUT2D eigenvalue weighted by molar-refractivity contribution is 0.0940. The van der Waals surface area contributed by atoms with Gasteiger partial charge in [0, 0.05) is 11.6 Å². The third-order valence-corrected chi connectivity index (χ3v) is 4.03. The van der Waals surface area contributed by atoms with Crippen molar-refractivity contribution >= 4 is 11.6 Å². The normalized spacial score (nSPS) is 12.5. The summed E-state index contributed by atoms with van der Waals surface area (Å²) in [5.41, 5.74) is 1.08. The van der Waals surface area contributed by atoms with Crippen molar-refractivity contribution in [2.24, 2.45) is 0 Å². The Balaban J connectivity index is 2.15. The Hall–Kier alpha value is -2.83. The summed E-state index contributed by atoms with van der Waals surface area (Å²) in [7, 11) is 0. The predicted octanol–water partition coefficient (Wildman–Crippen LogP) is 3.86. The number of hydrogen-bond acceptors (Lipinski definition) is 3. The zero-order valence-corrected chi connectivity index (χ0v) is 13.9. The predicted molar refractivity (Wildman–Crippen MR) is 90.6 cm³/mol. The Morgan fingerprint density at radius 1 is 1.28 bits per heavy atom. The van der Waals surface area contributed by atoms with Gasteiger partial charge in [-0.1, -0.05) is 37.3 Å². The number of benzene rings is 1. The van der Waals surface area contributed by atoms with Crippen molar-refractivity contribution < 1.29 is 13.6 Å². The van der Waals surface area contributed by atoms with Gasteiger partial charge in [-0.25, -0.2) is 18.3 Å². The van der Waals surface area contributed by atoms with Gasteiger partial charge in [0.1, 0.15) is 11.3 Å². The number of carbonyl (C=O) groups excluding carboxylic acids is 1. The van der Waals surface area contributed by atoms with Crippen LogP contribution in [0, 0.1) is 0 Å². The van der Waals surface area contributed by atoms with Crippen LogP contribution in [0.2, 0.25) is 0 Å². The number of rotatable bonds is 5. The summed E-state index contributed by atoms with van der Waals surface area (Å²) >= 11 is 0. The highest BCUT2D eigenvalue weighted by atomic mass is 19.3. The van der Waals surface area contributed by atoms with Crippen LogP contribution in [-0.4, -0.2) is 26.5 Å². The molecule has 0 spiro atoms. The number of hydrogen-bond donors (Lipinski definition) is 1. The van der Waals surface area contributed by atoms with Crippen LogP contribution in [-0.2, 0) is 0 Å². The van der Waals surface area contributed by atoms with E-state index in [2.05, 4.69) is 15.4 Å². The first-order valence-electron chi connectivity index (χ1n) is 8.04. The van der Waals surface area contributed by atoms with Gasteiger partial charge in [-0.3, -0.25) is 4.79 Å². The van der Waals surface area contributed by atoms with E-state index >= 15 is 0 Å². The topological polar surface area (TPSA) is 59.3 Å². The Morgan fingerprint density at radius 3 is 2.64 bits per heavy atom. The summed E-state index contributed by atoms with van der Waals surface area (Å²) in [5.74, 6) is -0.373. The summed E-state index contributed by atoms with van der Waals surface area (Å²) in [6, 6.07) is 10.3. The van der Waals surface area contributed by atoms with Crippen LogP contribution in [0.4, 0.5) is 8.78 Å². The molecule has 0 bridgehead atoms. The highest BCUT2D eigenvalue weighted by Crippen LogP contribution is 2.26. The summed E-state index contributed by atoms with van der Waals surface area (Å²) in [5, 5.41) is 6.75. The van der Waals surface area contributed by atoms with Crippen molar-refractivity contribution in [1.29, 1.82) is 0 Å². The maximum Gasteiger partial charge on any atom is 0.280 e. The van der Waals surface area contributed by atoms with Crippen molar-refractivity contribution in [3.63, 3.8) is 0 Å². The fourth-order valence-electron chi connectivity index (χ4n) is 2.46. The van der Waals surface area contributed by atoms with E-state index in [-0.39, 0.29) is 28.9 Å². The number of fused-ring (bicyclic) bond motifs is 1. The number of nitrogens with one attached hydrogen (secondary N) is 1. The first kappa shape index (κ1) is 17.0. The lowest BCUT2D eigenvalue weighted by atomic mass is 10.1. The molecule has 1 N–H and O–H groups in total. The second-order valence-corrected chi connectivity index (χ2v) is 5.81. The van der Waals surface area contributed by atoms with E-state index in [9.17, 15) is 13.6 Å². The van der Waals surface area contributed by atoms with Gasteiger partial charge in [0.2, 0.25) is 0 Å². The molecule has 1 aromatic carbocycles. The van der Waals surface area contributed by atoms with Crippen molar-refractivity contribution in [2.45, 2.75) is 32.7 Å². The molecular formula is C18H18F2N4O. The Bertz CT molecular complexity index is 893. The van der Waals surface area contributed by atoms with E-state index in [1.54, 1.807) is 24.3 Å². The average Bonchev–Trinajstić information content (AvgIpc) is 3.05. The summed E-state index contributed by atoms with van der Waals surface area (Å²) < 4.78 is 28.0. The van der Waals surface area contributed by atoms with Crippen LogP contribution in [0.15, 0.2) is 42.6 Å². The molecule has 0 radical (unpaired) electrons. The average molecular weight is 344 g/mol. The number of halogens is 2. The highest BCUT2D eigenvalue weighted by molar-refractivity contribution is 6.00. The SMILES string of the molecule is CCC(C)NC(=O)c1cnn2c(C(F)F)cc(-c3ccccc3)nc12. The number of carbonyl (C=O) groups is 1. The van der Waals surface area contributed by atoms with Crippen molar-refractivity contribution in [1.82, 2.24) is 19.9 Å². The maximum absolute atomic E-state index is 13.5. The van der Waals surface area contributed by atoms with E-state index in [0.717, 1.165) is 10.9 Å². The first-order valence-corrected chi connectivity index (χ1v) is 8.04. The molecule has 2 aromatic heterocycles. The molecule has 0 saturated carbocycles. The molecule has 0 aliphatic carbocycles. The van der Waals surface area contributed by atoms with Gasteiger partial charge < -0.3 is 5.32 Å². The lowest BCUT2D eigenvalue weighted by Crippen LogP contribution is -2.31. The summed E-state index contributed by atoms with van der Waals surface area (Å²) in [6.07, 6.45) is -0.699. The van der Waals surface area contributed by atoms with Gasteiger partial charge in [-0.15, -0.1) is 0 Å². The molecule has 3 rings (SSSR count). The van der Waals surface area contributed by atoms with Crippen LogP contribution in [0.5, 0.6) is 0 Å². The van der Waals surface area contributed by atoms with Crippen LogP contribution >= 0.6 is 0 Å². The Labute approximate surface area is 143 Å². The number of amides is 1. The maximum atomic E-state index is 13.5. The molecule has 7 heteroatoms. The molecule has 0 saturated heterocycles. The van der Waals surface area contributed by atoms with E-state index in [4.69, 9.17) is 0 Å². The Kier molecular flexibility index (Phi) is 4.74. The smallest absolute Gasteiger partial charge is 0.280 e. The fraction of sp³-hybridized carbons (Fsp3) is 0.278. The molecule has 25 heavy (non-hydrogen) atoms. The van der Waals surface area contributed by atoms with Crippen molar-refractivity contribution in [3.8, 4) is 11.3 Å². The third-order valence-electron chi connectivity index (χ3n) is 4.03. The molecule has 1 atom stereocenters. The minimum Gasteiger partial charge on any atom is -0.349 e.